The van der Waals surface area contributed by atoms with Gasteiger partial charge in [-0.2, -0.15) is 22.2 Å². The van der Waals surface area contributed by atoms with Crippen LogP contribution in [0.1, 0.15) is 57.8 Å². The van der Waals surface area contributed by atoms with Gasteiger partial charge >= 0.3 is 0 Å². The number of unbranched alkanes of at least 4 members (excludes halogenated alkanes) is 8. The van der Waals surface area contributed by atoms with Gasteiger partial charge < -0.3 is 0 Å². The molecule has 0 saturated heterocycles. The predicted molar refractivity (Wildman–Crippen MR) is 79.0 cm³/mol. The summed E-state index contributed by atoms with van der Waals surface area (Å²) in [5.74, 6) is 0. The van der Waals surface area contributed by atoms with E-state index in [4.69, 9.17) is 22.2 Å². The Morgan fingerprint density at radius 3 is 1.47 bits per heavy atom. The summed E-state index contributed by atoms with van der Waals surface area (Å²) in [4.78, 5) is 0. The average molecular weight is 334 g/mol. The molecule has 0 N–H and O–H groups in total. The zero-order valence-corrected chi connectivity index (χ0v) is 13.7. The van der Waals surface area contributed by atoms with Crippen molar-refractivity contribution in [1.29, 1.82) is 0 Å². The fourth-order valence-electron chi connectivity index (χ4n) is 1.63. The molecule has 0 aliphatic carbocycles. The summed E-state index contributed by atoms with van der Waals surface area (Å²) in [6.45, 7) is 0. The second kappa shape index (κ2) is 13.3. The monoisotopic (exact) mass is 332 g/mol. The van der Waals surface area contributed by atoms with Crippen molar-refractivity contribution in [2.75, 3.05) is 5.33 Å². The van der Waals surface area contributed by atoms with Crippen molar-refractivity contribution in [3.63, 3.8) is 0 Å². The summed E-state index contributed by atoms with van der Waals surface area (Å²) >= 11 is 15.0. The first kappa shape index (κ1) is 16.3. The van der Waals surface area contributed by atoms with E-state index in [-0.39, 0.29) is 0 Å². The van der Waals surface area contributed by atoms with Crippen LogP contribution in [0.15, 0.2) is 0 Å². The average Bonchev–Trinajstić information content (AvgIpc) is 2.20. The van der Waals surface area contributed by atoms with E-state index < -0.39 is 7.42 Å². The second-order valence-corrected chi connectivity index (χ2v) is 10.0. The standard InChI is InChI=1S/C11H23BrCl2Si/c12-10-8-6-4-2-1-3-5-7-9-11-15(13)14/h15H,1-11H2. The third-order valence-electron chi connectivity index (χ3n) is 2.56. The van der Waals surface area contributed by atoms with Crippen LogP contribution >= 0.6 is 38.1 Å². The van der Waals surface area contributed by atoms with E-state index in [1.165, 1.54) is 57.8 Å². The number of alkyl halides is 1. The minimum atomic E-state index is -1.31. The minimum Gasteiger partial charge on any atom is -0.150 e. The van der Waals surface area contributed by atoms with Crippen LogP contribution in [0.2, 0.25) is 6.04 Å². The first-order chi connectivity index (χ1) is 7.27. The van der Waals surface area contributed by atoms with E-state index in [1.54, 1.807) is 0 Å². The van der Waals surface area contributed by atoms with Crippen molar-refractivity contribution in [1.82, 2.24) is 0 Å². The number of halogens is 3. The van der Waals surface area contributed by atoms with Crippen LogP contribution in [-0.2, 0) is 0 Å². The maximum atomic E-state index is 5.79. The minimum absolute atomic E-state index is 1.09. The molecule has 0 spiro atoms. The van der Waals surface area contributed by atoms with Crippen LogP contribution in [0.4, 0.5) is 0 Å². The van der Waals surface area contributed by atoms with E-state index in [0.717, 1.165) is 11.4 Å². The fourth-order valence-corrected chi connectivity index (χ4v) is 3.55. The zero-order chi connectivity index (χ0) is 11.4. The highest BCUT2D eigenvalue weighted by Gasteiger charge is 2.00. The topological polar surface area (TPSA) is 0 Å². The van der Waals surface area contributed by atoms with Gasteiger partial charge in [0.25, 0.3) is 0 Å². The molecule has 0 saturated carbocycles. The Bertz CT molecular complexity index is 123. The first-order valence-electron chi connectivity index (χ1n) is 6.11. The van der Waals surface area contributed by atoms with Gasteiger partial charge in [-0.25, -0.2) is 0 Å². The Hall–Kier alpha value is 1.28. The number of rotatable bonds is 11. The molecule has 0 aromatic rings. The molecule has 0 rings (SSSR count). The summed E-state index contributed by atoms with van der Waals surface area (Å²) in [7, 11) is -1.31. The van der Waals surface area contributed by atoms with Crippen molar-refractivity contribution in [3.05, 3.63) is 0 Å². The van der Waals surface area contributed by atoms with Crippen LogP contribution in [-0.4, -0.2) is 12.7 Å². The lowest BCUT2D eigenvalue weighted by atomic mass is 10.1. The van der Waals surface area contributed by atoms with Gasteiger partial charge in [0, 0.05) is 5.33 Å². The van der Waals surface area contributed by atoms with Crippen molar-refractivity contribution in [3.8, 4) is 0 Å². The van der Waals surface area contributed by atoms with Crippen molar-refractivity contribution in [2.24, 2.45) is 0 Å². The summed E-state index contributed by atoms with van der Waals surface area (Å²) in [6.07, 6.45) is 12.3. The summed E-state index contributed by atoms with van der Waals surface area (Å²) in [5, 5.41) is 1.16. The molecule has 0 fully saturated rings. The van der Waals surface area contributed by atoms with Crippen LogP contribution in [0.25, 0.3) is 0 Å². The number of hydrogen-bond donors (Lipinski definition) is 0. The normalized spacial score (nSPS) is 11.2. The van der Waals surface area contributed by atoms with Gasteiger partial charge in [-0.15, -0.1) is 0 Å². The molecule has 4 heteroatoms. The lowest BCUT2D eigenvalue weighted by Crippen LogP contribution is -1.91. The first-order valence-corrected chi connectivity index (χ1v) is 11.5. The quantitative estimate of drug-likeness (QED) is 0.200. The van der Waals surface area contributed by atoms with Crippen molar-refractivity contribution >= 4 is 45.5 Å². The Morgan fingerprint density at radius 1 is 0.667 bits per heavy atom. The highest BCUT2D eigenvalue weighted by molar-refractivity contribution is 9.09. The van der Waals surface area contributed by atoms with Gasteiger partial charge in [-0.3, -0.25) is 0 Å². The highest BCUT2D eigenvalue weighted by atomic mass is 79.9. The van der Waals surface area contributed by atoms with E-state index in [0.29, 0.717) is 0 Å². The van der Waals surface area contributed by atoms with Crippen molar-refractivity contribution < 1.29 is 0 Å². The highest BCUT2D eigenvalue weighted by Crippen LogP contribution is 2.13. The van der Waals surface area contributed by atoms with Gasteiger partial charge in [-0.05, 0) is 12.5 Å². The molecular weight excluding hydrogens is 311 g/mol. The lowest BCUT2D eigenvalue weighted by molar-refractivity contribution is 0.573. The molecule has 0 radical (unpaired) electrons. The molecular formula is C11H23BrCl2Si. The Balaban J connectivity index is 2.87. The zero-order valence-electron chi connectivity index (χ0n) is 9.49. The summed E-state index contributed by atoms with van der Waals surface area (Å²) in [6, 6.07) is 1.09. The Kier molecular flexibility index (Phi) is 14.5. The molecule has 0 aromatic heterocycles. The SMILES string of the molecule is Cl[SiH](Cl)CCCCCCCCCCCBr. The number of hydrogen-bond acceptors (Lipinski definition) is 0. The predicted octanol–water partition coefficient (Wildman–Crippen LogP) is 5.59. The molecule has 0 bridgehead atoms. The largest absolute Gasteiger partial charge is 0.237 e. The van der Waals surface area contributed by atoms with E-state index >= 15 is 0 Å². The maximum Gasteiger partial charge on any atom is 0.237 e. The van der Waals surface area contributed by atoms with E-state index in [9.17, 15) is 0 Å². The summed E-state index contributed by atoms with van der Waals surface area (Å²) < 4.78 is 0. The summed E-state index contributed by atoms with van der Waals surface area (Å²) in [5.41, 5.74) is 0. The van der Waals surface area contributed by atoms with Gasteiger partial charge in [-0.1, -0.05) is 67.3 Å². The molecule has 0 unspecified atom stereocenters. The molecule has 0 amide bonds. The molecule has 0 aromatic carbocycles. The smallest absolute Gasteiger partial charge is 0.150 e. The van der Waals surface area contributed by atoms with E-state index in [2.05, 4.69) is 15.9 Å². The van der Waals surface area contributed by atoms with E-state index in [1.807, 2.05) is 0 Å². The van der Waals surface area contributed by atoms with Crippen LogP contribution < -0.4 is 0 Å². The van der Waals surface area contributed by atoms with Gasteiger partial charge in [0.1, 0.15) is 0 Å². The van der Waals surface area contributed by atoms with Gasteiger partial charge in [0.15, 0.2) is 0 Å². The van der Waals surface area contributed by atoms with Crippen LogP contribution in [0, 0.1) is 0 Å². The molecule has 0 nitrogen and oxygen atoms in total. The van der Waals surface area contributed by atoms with Gasteiger partial charge in [0.2, 0.25) is 7.42 Å². The van der Waals surface area contributed by atoms with Crippen LogP contribution in [0.5, 0.6) is 0 Å². The molecule has 0 atom stereocenters. The lowest BCUT2D eigenvalue weighted by Gasteiger charge is -2.02. The Labute approximate surface area is 114 Å². The molecule has 0 aliphatic heterocycles. The third-order valence-corrected chi connectivity index (χ3v) is 5.27. The maximum absolute atomic E-state index is 5.79. The third kappa shape index (κ3) is 15.3. The Morgan fingerprint density at radius 2 is 1.07 bits per heavy atom. The van der Waals surface area contributed by atoms with Gasteiger partial charge in [0.05, 0.1) is 0 Å². The fraction of sp³-hybridized carbons (Fsp3) is 1.00. The molecule has 0 aliphatic rings. The molecule has 0 heterocycles. The van der Waals surface area contributed by atoms with Crippen LogP contribution in [0.3, 0.4) is 0 Å². The second-order valence-electron chi connectivity index (χ2n) is 4.05. The van der Waals surface area contributed by atoms with Crippen molar-refractivity contribution in [2.45, 2.75) is 63.8 Å². The molecule has 92 valence electrons. The molecule has 15 heavy (non-hydrogen) atoms.